The van der Waals surface area contributed by atoms with Crippen LogP contribution in [0.1, 0.15) is 30.8 Å². The zero-order chi connectivity index (χ0) is 13.8. The van der Waals surface area contributed by atoms with Crippen LogP contribution in [0.25, 0.3) is 10.7 Å². The molecule has 0 aliphatic heterocycles. The highest BCUT2D eigenvalue weighted by atomic mass is 79.9. The van der Waals surface area contributed by atoms with Crippen molar-refractivity contribution < 1.29 is 0 Å². The molecule has 0 aromatic carbocycles. The van der Waals surface area contributed by atoms with E-state index in [0.29, 0.717) is 6.54 Å². The minimum atomic E-state index is 0.646. The zero-order valence-corrected chi connectivity index (χ0v) is 13.6. The summed E-state index contributed by atoms with van der Waals surface area (Å²) >= 11 is 5.14. The number of aryl methyl sites for hydroxylation is 2. The molecule has 0 atom stereocenters. The molecule has 2 N–H and O–H groups in total. The lowest BCUT2D eigenvalue weighted by atomic mass is 10.0. The van der Waals surface area contributed by atoms with Crippen LogP contribution in [0.2, 0.25) is 0 Å². The fourth-order valence-electron chi connectivity index (χ4n) is 2.14. The molecule has 5 heteroatoms. The standard InChI is InChI=1S/C14H18BrN3S/c1-3-11-10(5-6-16)12(4-2)18-14(17-11)13-7-9(15)8-19-13/h7-8H,3-6,16H2,1-2H3. The predicted octanol–water partition coefficient (Wildman–Crippen LogP) is 3.59. The molecule has 0 fully saturated rings. The van der Waals surface area contributed by atoms with E-state index in [0.717, 1.165) is 45.8 Å². The summed E-state index contributed by atoms with van der Waals surface area (Å²) in [5, 5.41) is 2.06. The minimum absolute atomic E-state index is 0.646. The number of hydrogen-bond donors (Lipinski definition) is 1. The van der Waals surface area contributed by atoms with Crippen molar-refractivity contribution in [2.24, 2.45) is 5.73 Å². The lowest BCUT2D eigenvalue weighted by Crippen LogP contribution is -2.12. The summed E-state index contributed by atoms with van der Waals surface area (Å²) in [6, 6.07) is 2.07. The third-order valence-electron chi connectivity index (χ3n) is 3.03. The Morgan fingerprint density at radius 3 is 2.26 bits per heavy atom. The van der Waals surface area contributed by atoms with Gasteiger partial charge in [-0.1, -0.05) is 13.8 Å². The van der Waals surface area contributed by atoms with Crippen LogP contribution in [0.15, 0.2) is 15.9 Å². The first-order valence-corrected chi connectivity index (χ1v) is 8.20. The normalized spacial score (nSPS) is 10.9. The van der Waals surface area contributed by atoms with Crippen molar-refractivity contribution in [2.75, 3.05) is 6.54 Å². The van der Waals surface area contributed by atoms with Crippen LogP contribution in [0.5, 0.6) is 0 Å². The van der Waals surface area contributed by atoms with Crippen LogP contribution >= 0.6 is 27.3 Å². The van der Waals surface area contributed by atoms with Crippen LogP contribution in [-0.4, -0.2) is 16.5 Å². The van der Waals surface area contributed by atoms with Crippen LogP contribution in [-0.2, 0) is 19.3 Å². The van der Waals surface area contributed by atoms with Gasteiger partial charge in [0, 0.05) is 21.2 Å². The molecule has 0 saturated heterocycles. The lowest BCUT2D eigenvalue weighted by Gasteiger charge is -2.12. The molecule has 0 amide bonds. The van der Waals surface area contributed by atoms with E-state index in [1.807, 2.05) is 0 Å². The summed E-state index contributed by atoms with van der Waals surface area (Å²) < 4.78 is 1.08. The van der Waals surface area contributed by atoms with E-state index in [4.69, 9.17) is 15.7 Å². The highest BCUT2D eigenvalue weighted by Gasteiger charge is 2.13. The van der Waals surface area contributed by atoms with Gasteiger partial charge in [-0.15, -0.1) is 11.3 Å². The van der Waals surface area contributed by atoms with Gasteiger partial charge in [0.25, 0.3) is 0 Å². The Labute approximate surface area is 126 Å². The van der Waals surface area contributed by atoms with Gasteiger partial charge in [-0.25, -0.2) is 9.97 Å². The minimum Gasteiger partial charge on any atom is -0.330 e. The molecule has 2 aromatic heterocycles. The molecule has 0 aliphatic carbocycles. The first kappa shape index (κ1) is 14.6. The summed E-state index contributed by atoms with van der Waals surface area (Å²) in [5.74, 6) is 0.838. The molecule has 0 spiro atoms. The molecule has 0 unspecified atom stereocenters. The maximum Gasteiger partial charge on any atom is 0.169 e. The van der Waals surface area contributed by atoms with Crippen molar-refractivity contribution in [1.82, 2.24) is 9.97 Å². The number of thiophene rings is 1. The Bertz CT molecular complexity index is 541. The summed E-state index contributed by atoms with van der Waals surface area (Å²) in [5.41, 5.74) is 9.21. The van der Waals surface area contributed by atoms with Gasteiger partial charge in [0.2, 0.25) is 0 Å². The van der Waals surface area contributed by atoms with Gasteiger partial charge >= 0.3 is 0 Å². The second kappa shape index (κ2) is 6.59. The average molecular weight is 340 g/mol. The van der Waals surface area contributed by atoms with Gasteiger partial charge in [0.1, 0.15) is 0 Å². The predicted molar refractivity (Wildman–Crippen MR) is 84.6 cm³/mol. The number of nitrogens with two attached hydrogens (primary N) is 1. The Balaban J connectivity index is 2.52. The Kier molecular flexibility index (Phi) is 5.07. The Hall–Kier alpha value is -0.780. The third-order valence-corrected chi connectivity index (χ3v) is 4.72. The van der Waals surface area contributed by atoms with Crippen molar-refractivity contribution in [3.8, 4) is 10.7 Å². The smallest absolute Gasteiger partial charge is 0.169 e. The van der Waals surface area contributed by atoms with E-state index in [9.17, 15) is 0 Å². The van der Waals surface area contributed by atoms with Crippen molar-refractivity contribution in [2.45, 2.75) is 33.1 Å². The van der Waals surface area contributed by atoms with Crippen LogP contribution in [0.3, 0.4) is 0 Å². The SMILES string of the molecule is CCc1nc(-c2cc(Br)cs2)nc(CC)c1CCN. The molecular weight excluding hydrogens is 322 g/mol. The van der Waals surface area contributed by atoms with Gasteiger partial charge in [0.15, 0.2) is 5.82 Å². The molecule has 3 nitrogen and oxygen atoms in total. The van der Waals surface area contributed by atoms with Crippen LogP contribution in [0, 0.1) is 0 Å². The van der Waals surface area contributed by atoms with Gasteiger partial charge < -0.3 is 5.73 Å². The number of hydrogen-bond acceptors (Lipinski definition) is 4. The molecule has 0 bridgehead atoms. The van der Waals surface area contributed by atoms with Gasteiger partial charge in [0.05, 0.1) is 4.88 Å². The van der Waals surface area contributed by atoms with Crippen molar-refractivity contribution >= 4 is 27.3 Å². The van der Waals surface area contributed by atoms with Crippen LogP contribution < -0.4 is 5.73 Å². The zero-order valence-electron chi connectivity index (χ0n) is 11.2. The maximum absolute atomic E-state index is 5.70. The highest BCUT2D eigenvalue weighted by Crippen LogP contribution is 2.29. The molecule has 2 heterocycles. The fraction of sp³-hybridized carbons (Fsp3) is 0.429. The number of aromatic nitrogens is 2. The molecule has 0 saturated carbocycles. The second-order valence-corrected chi connectivity index (χ2v) is 6.12. The Morgan fingerprint density at radius 1 is 1.21 bits per heavy atom. The molecule has 2 aromatic rings. The van der Waals surface area contributed by atoms with Crippen molar-refractivity contribution in [3.63, 3.8) is 0 Å². The third kappa shape index (κ3) is 3.22. The fourth-order valence-corrected chi connectivity index (χ4v) is 3.50. The molecule has 2 rings (SSSR count). The van der Waals surface area contributed by atoms with E-state index in [-0.39, 0.29) is 0 Å². The molecule has 0 radical (unpaired) electrons. The largest absolute Gasteiger partial charge is 0.330 e. The van der Waals surface area contributed by atoms with Gasteiger partial charge in [-0.3, -0.25) is 0 Å². The number of halogens is 1. The van der Waals surface area contributed by atoms with Gasteiger partial charge in [-0.05, 0) is 53.4 Å². The summed E-state index contributed by atoms with van der Waals surface area (Å²) in [7, 11) is 0. The summed E-state index contributed by atoms with van der Waals surface area (Å²) in [4.78, 5) is 10.6. The van der Waals surface area contributed by atoms with Crippen molar-refractivity contribution in [3.05, 3.63) is 32.9 Å². The van der Waals surface area contributed by atoms with E-state index >= 15 is 0 Å². The Morgan fingerprint density at radius 2 is 1.84 bits per heavy atom. The van der Waals surface area contributed by atoms with E-state index < -0.39 is 0 Å². The first-order chi connectivity index (χ1) is 9.19. The second-order valence-electron chi connectivity index (χ2n) is 4.29. The average Bonchev–Trinajstić information content (AvgIpc) is 2.85. The number of rotatable bonds is 5. The maximum atomic E-state index is 5.70. The number of nitrogens with zero attached hydrogens (tertiary/aromatic N) is 2. The lowest BCUT2D eigenvalue weighted by molar-refractivity contribution is 0.845. The molecule has 19 heavy (non-hydrogen) atoms. The molecular formula is C14H18BrN3S. The van der Waals surface area contributed by atoms with Gasteiger partial charge in [-0.2, -0.15) is 0 Å². The monoisotopic (exact) mass is 339 g/mol. The summed E-state index contributed by atoms with van der Waals surface area (Å²) in [6.45, 7) is 4.92. The van der Waals surface area contributed by atoms with Crippen LogP contribution in [0.4, 0.5) is 0 Å². The summed E-state index contributed by atoms with van der Waals surface area (Å²) in [6.07, 6.45) is 2.70. The first-order valence-electron chi connectivity index (χ1n) is 6.52. The van der Waals surface area contributed by atoms with Crippen molar-refractivity contribution in [1.29, 1.82) is 0 Å². The molecule has 102 valence electrons. The highest BCUT2D eigenvalue weighted by molar-refractivity contribution is 9.10. The van der Waals surface area contributed by atoms with E-state index in [2.05, 4.69) is 41.2 Å². The van der Waals surface area contributed by atoms with E-state index in [1.54, 1.807) is 11.3 Å². The topological polar surface area (TPSA) is 51.8 Å². The quantitative estimate of drug-likeness (QED) is 0.905. The van der Waals surface area contributed by atoms with E-state index in [1.165, 1.54) is 5.56 Å². The molecule has 0 aliphatic rings.